The molecule has 2 amide bonds. The van der Waals surface area contributed by atoms with Crippen LogP contribution in [0.4, 0.5) is 9.59 Å². The van der Waals surface area contributed by atoms with Gasteiger partial charge < -0.3 is 29.5 Å². The monoisotopic (exact) mass is 430 g/mol. The molecule has 0 bridgehead atoms. The summed E-state index contributed by atoms with van der Waals surface area (Å²) in [6.07, 6.45) is 1.73. The Bertz CT molecular complexity index is 519. The van der Waals surface area contributed by atoms with E-state index in [-0.39, 0.29) is 24.3 Å². The Morgan fingerprint density at radius 3 is 1.27 bits per heavy atom. The molecule has 0 unspecified atom stereocenters. The number of hydrogen-bond donors (Lipinski definition) is 2. The van der Waals surface area contributed by atoms with E-state index >= 15 is 0 Å². The fourth-order valence-electron chi connectivity index (χ4n) is 3.33. The van der Waals surface area contributed by atoms with Gasteiger partial charge in [-0.1, -0.05) is 0 Å². The van der Waals surface area contributed by atoms with Crippen LogP contribution in [0.5, 0.6) is 0 Å². The first-order valence-corrected chi connectivity index (χ1v) is 10.9. The number of piperidine rings is 2. The minimum atomic E-state index is -0.473. The van der Waals surface area contributed by atoms with E-state index < -0.39 is 23.4 Å². The third-order valence-electron chi connectivity index (χ3n) is 4.97. The van der Waals surface area contributed by atoms with Crippen molar-refractivity contribution in [2.75, 3.05) is 13.1 Å². The zero-order chi connectivity index (χ0) is 23.3. The molecule has 2 N–H and O–H groups in total. The molecular weight excluding hydrogens is 388 g/mol. The Labute approximate surface area is 181 Å². The minimum absolute atomic E-state index is 0.156. The third kappa shape index (κ3) is 9.51. The van der Waals surface area contributed by atoms with Crippen LogP contribution >= 0.6 is 0 Å². The van der Waals surface area contributed by atoms with Crippen molar-refractivity contribution in [2.45, 2.75) is 117 Å². The van der Waals surface area contributed by atoms with Gasteiger partial charge in [-0.25, -0.2) is 9.59 Å². The number of aliphatic hydroxyl groups is 2. The highest BCUT2D eigenvalue weighted by atomic mass is 16.6. The smallest absolute Gasteiger partial charge is 0.410 e. The molecule has 2 aliphatic heterocycles. The molecule has 0 aromatic rings. The first-order chi connectivity index (χ1) is 13.6. The van der Waals surface area contributed by atoms with Gasteiger partial charge in [-0.2, -0.15) is 0 Å². The average Bonchev–Trinajstić information content (AvgIpc) is 2.56. The lowest BCUT2D eigenvalue weighted by molar-refractivity contribution is -0.0103. The van der Waals surface area contributed by atoms with E-state index in [0.29, 0.717) is 13.1 Å². The topological polar surface area (TPSA) is 99.5 Å². The Balaban J connectivity index is 0.000000300. The molecule has 8 nitrogen and oxygen atoms in total. The number of rotatable bonds is 0. The summed E-state index contributed by atoms with van der Waals surface area (Å²) in [5.74, 6) is 0. The lowest BCUT2D eigenvalue weighted by atomic mass is 10.0. The molecule has 30 heavy (non-hydrogen) atoms. The van der Waals surface area contributed by atoms with E-state index in [2.05, 4.69) is 0 Å². The summed E-state index contributed by atoms with van der Waals surface area (Å²) in [4.78, 5) is 26.7. The molecule has 0 aromatic heterocycles. The van der Waals surface area contributed by atoms with Gasteiger partial charge in [-0.05, 0) is 81.1 Å². The molecule has 2 rings (SSSR count). The predicted octanol–water partition coefficient (Wildman–Crippen LogP) is 3.53. The van der Waals surface area contributed by atoms with Crippen LogP contribution in [-0.4, -0.2) is 80.8 Å². The summed E-state index contributed by atoms with van der Waals surface area (Å²) in [6.45, 7) is 15.8. The molecule has 176 valence electrons. The number of β-amino-alcohol motifs (C(OH)–C–C–N with tert-alkyl or cyclic N) is 2. The third-order valence-corrected chi connectivity index (χ3v) is 4.97. The zero-order valence-corrected chi connectivity index (χ0v) is 20.0. The lowest BCUT2D eigenvalue weighted by Gasteiger charge is -2.36. The van der Waals surface area contributed by atoms with E-state index in [1.807, 2.05) is 55.4 Å². The van der Waals surface area contributed by atoms with Crippen molar-refractivity contribution in [2.24, 2.45) is 0 Å². The first kappa shape index (κ1) is 26.5. The van der Waals surface area contributed by atoms with Gasteiger partial charge in [0.1, 0.15) is 11.2 Å². The largest absolute Gasteiger partial charge is 0.444 e. The number of hydrogen-bond acceptors (Lipinski definition) is 6. The van der Waals surface area contributed by atoms with Crippen molar-refractivity contribution >= 4 is 12.2 Å². The highest BCUT2D eigenvalue weighted by Crippen LogP contribution is 2.21. The Morgan fingerprint density at radius 2 is 1.00 bits per heavy atom. The van der Waals surface area contributed by atoms with Crippen molar-refractivity contribution in [3.8, 4) is 0 Å². The van der Waals surface area contributed by atoms with Gasteiger partial charge in [0.05, 0.1) is 25.3 Å². The van der Waals surface area contributed by atoms with Crippen LogP contribution in [0.3, 0.4) is 0 Å². The van der Waals surface area contributed by atoms with E-state index in [1.165, 1.54) is 0 Å². The lowest BCUT2D eigenvalue weighted by Crippen LogP contribution is -2.49. The molecule has 0 aliphatic carbocycles. The highest BCUT2D eigenvalue weighted by molar-refractivity contribution is 5.69. The van der Waals surface area contributed by atoms with Gasteiger partial charge in [0.25, 0.3) is 0 Å². The molecule has 2 fully saturated rings. The first-order valence-electron chi connectivity index (χ1n) is 10.9. The Kier molecular flexibility index (Phi) is 9.42. The minimum Gasteiger partial charge on any atom is -0.444 e. The predicted molar refractivity (Wildman–Crippen MR) is 115 cm³/mol. The summed E-state index contributed by atoms with van der Waals surface area (Å²) in [7, 11) is 0. The van der Waals surface area contributed by atoms with Crippen molar-refractivity contribution in [1.29, 1.82) is 0 Å². The van der Waals surface area contributed by atoms with Crippen molar-refractivity contribution in [3.05, 3.63) is 0 Å². The molecule has 0 spiro atoms. The van der Waals surface area contributed by atoms with Gasteiger partial charge in [-0.3, -0.25) is 0 Å². The van der Waals surface area contributed by atoms with Crippen LogP contribution in [0.25, 0.3) is 0 Å². The summed E-state index contributed by atoms with van der Waals surface area (Å²) < 4.78 is 10.5. The van der Waals surface area contributed by atoms with Gasteiger partial charge in [0.2, 0.25) is 0 Å². The molecule has 0 aromatic carbocycles. The molecule has 0 radical (unpaired) electrons. The Hall–Kier alpha value is -1.54. The standard InChI is InChI=1S/2C11H21NO3/c2*1-8-5-6-9(13)7-12(8)10(14)15-11(2,3)4/h2*8-9,13H,5-7H2,1-4H3/t2*8-,9+/m10/s1. The maximum Gasteiger partial charge on any atom is 0.410 e. The second kappa shape index (κ2) is 10.7. The van der Waals surface area contributed by atoms with Crippen LogP contribution in [0.2, 0.25) is 0 Å². The van der Waals surface area contributed by atoms with Crippen LogP contribution in [0.1, 0.15) is 81.1 Å². The molecule has 8 heteroatoms. The fourth-order valence-corrected chi connectivity index (χ4v) is 3.33. The van der Waals surface area contributed by atoms with Crippen LogP contribution in [0, 0.1) is 0 Å². The fraction of sp³-hybridized carbons (Fsp3) is 0.909. The summed E-state index contributed by atoms with van der Waals surface area (Å²) in [5.41, 5.74) is -0.946. The second-order valence-electron chi connectivity index (χ2n) is 10.4. The number of nitrogens with zero attached hydrogens (tertiary/aromatic N) is 2. The number of ether oxygens (including phenoxy) is 2. The van der Waals surface area contributed by atoms with Crippen LogP contribution in [-0.2, 0) is 9.47 Å². The summed E-state index contributed by atoms with van der Waals surface area (Å²) in [6, 6.07) is 0.312. The number of carbonyl (C=O) groups is 2. The number of aliphatic hydroxyl groups excluding tert-OH is 2. The quantitative estimate of drug-likeness (QED) is 0.610. The van der Waals surface area contributed by atoms with Crippen molar-refractivity contribution in [1.82, 2.24) is 9.80 Å². The average molecular weight is 431 g/mol. The number of likely N-dealkylation sites (tertiary alicyclic amines) is 2. The van der Waals surface area contributed by atoms with E-state index in [4.69, 9.17) is 9.47 Å². The molecule has 4 atom stereocenters. The molecular formula is C22H42N2O6. The molecule has 0 saturated carbocycles. The van der Waals surface area contributed by atoms with Crippen molar-refractivity contribution in [3.63, 3.8) is 0 Å². The van der Waals surface area contributed by atoms with Gasteiger partial charge in [-0.15, -0.1) is 0 Å². The van der Waals surface area contributed by atoms with Gasteiger partial charge >= 0.3 is 12.2 Å². The number of amides is 2. The van der Waals surface area contributed by atoms with E-state index in [0.717, 1.165) is 25.7 Å². The van der Waals surface area contributed by atoms with Gasteiger partial charge in [0, 0.05) is 12.1 Å². The normalized spacial score (nSPS) is 27.7. The zero-order valence-electron chi connectivity index (χ0n) is 20.0. The summed E-state index contributed by atoms with van der Waals surface area (Å²) >= 11 is 0. The highest BCUT2D eigenvalue weighted by Gasteiger charge is 2.32. The number of carbonyl (C=O) groups excluding carboxylic acids is 2. The maximum absolute atomic E-state index is 11.8. The van der Waals surface area contributed by atoms with E-state index in [1.54, 1.807) is 9.80 Å². The van der Waals surface area contributed by atoms with E-state index in [9.17, 15) is 19.8 Å². The van der Waals surface area contributed by atoms with Crippen molar-refractivity contribution < 1.29 is 29.3 Å². The van der Waals surface area contributed by atoms with Crippen LogP contribution < -0.4 is 0 Å². The molecule has 2 aliphatic rings. The molecule has 2 heterocycles. The van der Waals surface area contributed by atoms with Gasteiger partial charge in [0.15, 0.2) is 0 Å². The van der Waals surface area contributed by atoms with Crippen LogP contribution in [0.15, 0.2) is 0 Å². The summed E-state index contributed by atoms with van der Waals surface area (Å²) in [5, 5.41) is 19.0. The second-order valence-corrected chi connectivity index (χ2v) is 10.4. The maximum atomic E-state index is 11.8. The molecule has 2 saturated heterocycles. The Morgan fingerprint density at radius 1 is 0.700 bits per heavy atom. The SMILES string of the molecule is C[C@@H]1CC[C@H](O)CN1C(=O)OC(C)(C)C.C[C@H]1CC[C@@H](O)CN1C(=O)OC(C)(C)C.